The molecule has 1 N–H and O–H groups in total. The van der Waals surface area contributed by atoms with Crippen LogP contribution in [0.15, 0.2) is 16.7 Å². The number of halogens is 2. The molecule has 0 amide bonds. The average Bonchev–Trinajstić information content (AvgIpc) is 2.65. The monoisotopic (exact) mass is 240 g/mol. The summed E-state index contributed by atoms with van der Waals surface area (Å²) in [7, 11) is 0. The minimum atomic E-state index is -0.932. The van der Waals surface area contributed by atoms with Crippen molar-refractivity contribution in [3.05, 3.63) is 29.7 Å². The van der Waals surface area contributed by atoms with E-state index in [1.165, 1.54) is 0 Å². The maximum Gasteiger partial charge on any atom is 0.229 e. The van der Waals surface area contributed by atoms with Crippen molar-refractivity contribution in [2.24, 2.45) is 0 Å². The normalized spacial score (nSPS) is 11.1. The molecule has 2 aromatic rings. The Kier molecular flexibility index (Phi) is 2.79. The highest BCUT2D eigenvalue weighted by molar-refractivity contribution is 5.57. The van der Waals surface area contributed by atoms with Crippen molar-refractivity contribution >= 4 is 0 Å². The van der Waals surface area contributed by atoms with Gasteiger partial charge in [0.1, 0.15) is 17.4 Å². The summed E-state index contributed by atoms with van der Waals surface area (Å²) in [5.74, 6) is -2.25. The highest BCUT2D eigenvalue weighted by atomic mass is 19.1. The van der Waals surface area contributed by atoms with Gasteiger partial charge >= 0.3 is 0 Å². The molecule has 0 spiro atoms. The molecule has 6 heteroatoms. The number of hydrogen-bond acceptors (Lipinski definition) is 4. The zero-order valence-corrected chi connectivity index (χ0v) is 9.24. The molecular weight excluding hydrogens is 230 g/mol. The van der Waals surface area contributed by atoms with Crippen LogP contribution >= 0.6 is 0 Å². The van der Waals surface area contributed by atoms with E-state index in [9.17, 15) is 8.78 Å². The highest BCUT2D eigenvalue weighted by Gasteiger charge is 2.19. The van der Waals surface area contributed by atoms with Crippen LogP contribution in [-0.2, 0) is 0 Å². The summed E-state index contributed by atoms with van der Waals surface area (Å²) in [6.07, 6.45) is 0. The molecule has 0 aliphatic rings. The lowest BCUT2D eigenvalue weighted by Gasteiger charge is -2.00. The third-order valence-corrected chi connectivity index (χ3v) is 2.19. The predicted octanol–water partition coefficient (Wildman–Crippen LogP) is 2.84. The van der Waals surface area contributed by atoms with Crippen molar-refractivity contribution in [2.75, 3.05) is 0 Å². The van der Waals surface area contributed by atoms with Gasteiger partial charge in [-0.3, -0.25) is 0 Å². The number of phenolic OH excluding ortho intramolecular Hbond substituents is 1. The number of nitrogens with zero attached hydrogens (tertiary/aromatic N) is 2. The molecule has 0 saturated carbocycles. The van der Waals surface area contributed by atoms with E-state index in [1.54, 1.807) is 0 Å². The molecule has 0 fully saturated rings. The average molecular weight is 240 g/mol. The van der Waals surface area contributed by atoms with E-state index in [2.05, 4.69) is 10.1 Å². The van der Waals surface area contributed by atoms with Crippen LogP contribution in [-0.4, -0.2) is 15.2 Å². The Labute approximate surface area is 95.9 Å². The van der Waals surface area contributed by atoms with Gasteiger partial charge in [0.2, 0.25) is 11.7 Å². The second kappa shape index (κ2) is 4.12. The topological polar surface area (TPSA) is 59.2 Å². The van der Waals surface area contributed by atoms with Crippen molar-refractivity contribution in [3.8, 4) is 17.1 Å². The summed E-state index contributed by atoms with van der Waals surface area (Å²) in [4.78, 5) is 3.89. The summed E-state index contributed by atoms with van der Waals surface area (Å²) < 4.78 is 31.8. The van der Waals surface area contributed by atoms with E-state index in [1.807, 2.05) is 13.8 Å². The first kappa shape index (κ1) is 11.5. The Morgan fingerprint density at radius 1 is 1.24 bits per heavy atom. The van der Waals surface area contributed by atoms with Crippen LogP contribution in [0.4, 0.5) is 8.78 Å². The zero-order chi connectivity index (χ0) is 12.6. The molecule has 4 nitrogen and oxygen atoms in total. The third kappa shape index (κ3) is 2.11. The predicted molar refractivity (Wildman–Crippen MR) is 55.4 cm³/mol. The van der Waals surface area contributed by atoms with E-state index in [0.717, 1.165) is 12.1 Å². The fourth-order valence-electron chi connectivity index (χ4n) is 1.34. The maximum atomic E-state index is 13.5. The van der Waals surface area contributed by atoms with Crippen molar-refractivity contribution in [2.45, 2.75) is 19.8 Å². The van der Waals surface area contributed by atoms with Gasteiger partial charge in [0.05, 0.1) is 5.56 Å². The number of benzene rings is 1. The quantitative estimate of drug-likeness (QED) is 0.876. The van der Waals surface area contributed by atoms with Gasteiger partial charge in [-0.05, 0) is 0 Å². The lowest BCUT2D eigenvalue weighted by atomic mass is 10.1. The minimum absolute atomic E-state index is 0.0283. The van der Waals surface area contributed by atoms with E-state index in [-0.39, 0.29) is 11.7 Å². The Bertz CT molecular complexity index is 529. The Balaban J connectivity index is 2.52. The standard InChI is InChI=1S/C11H10F2N2O2/c1-5(2)11-14-10(15-17-11)9-7(12)3-6(16)4-8(9)13/h3-5,16H,1-2H3. The van der Waals surface area contributed by atoms with Crippen LogP contribution in [0.1, 0.15) is 25.7 Å². The number of rotatable bonds is 2. The molecule has 90 valence electrons. The van der Waals surface area contributed by atoms with Gasteiger partial charge in [-0.15, -0.1) is 0 Å². The van der Waals surface area contributed by atoms with Gasteiger partial charge in [-0.2, -0.15) is 4.98 Å². The van der Waals surface area contributed by atoms with Crippen LogP contribution in [0.5, 0.6) is 5.75 Å². The first-order valence-corrected chi connectivity index (χ1v) is 5.01. The zero-order valence-electron chi connectivity index (χ0n) is 9.24. The van der Waals surface area contributed by atoms with Crippen LogP contribution in [0.2, 0.25) is 0 Å². The van der Waals surface area contributed by atoms with Crippen LogP contribution in [0, 0.1) is 11.6 Å². The molecule has 2 rings (SSSR count). The molecule has 0 atom stereocenters. The van der Waals surface area contributed by atoms with Crippen LogP contribution in [0.25, 0.3) is 11.4 Å². The van der Waals surface area contributed by atoms with E-state index in [0.29, 0.717) is 5.89 Å². The van der Waals surface area contributed by atoms with E-state index < -0.39 is 22.9 Å². The first-order valence-electron chi connectivity index (χ1n) is 5.01. The van der Waals surface area contributed by atoms with Crippen molar-refractivity contribution in [1.29, 1.82) is 0 Å². The fourth-order valence-corrected chi connectivity index (χ4v) is 1.34. The Morgan fingerprint density at radius 2 is 1.82 bits per heavy atom. The molecule has 0 saturated heterocycles. The summed E-state index contributed by atoms with van der Waals surface area (Å²) in [6, 6.07) is 1.59. The lowest BCUT2D eigenvalue weighted by Crippen LogP contribution is -1.93. The Morgan fingerprint density at radius 3 is 2.29 bits per heavy atom. The van der Waals surface area contributed by atoms with Crippen molar-refractivity contribution in [3.63, 3.8) is 0 Å². The second-order valence-corrected chi connectivity index (χ2v) is 3.90. The van der Waals surface area contributed by atoms with Gasteiger partial charge < -0.3 is 9.63 Å². The molecule has 17 heavy (non-hydrogen) atoms. The SMILES string of the molecule is CC(C)c1nc(-c2c(F)cc(O)cc2F)no1. The summed E-state index contributed by atoms with van der Waals surface area (Å²) in [5, 5.41) is 12.5. The Hall–Kier alpha value is -1.98. The molecular formula is C11H10F2N2O2. The molecule has 1 heterocycles. The molecule has 0 aliphatic heterocycles. The maximum absolute atomic E-state index is 13.5. The summed E-state index contributed by atoms with van der Waals surface area (Å²) in [6.45, 7) is 3.64. The van der Waals surface area contributed by atoms with Gasteiger partial charge in [0.25, 0.3) is 0 Å². The van der Waals surface area contributed by atoms with Gasteiger partial charge in [0, 0.05) is 18.1 Å². The van der Waals surface area contributed by atoms with Gasteiger partial charge in [-0.1, -0.05) is 19.0 Å². The number of aromatic hydroxyl groups is 1. The van der Waals surface area contributed by atoms with E-state index >= 15 is 0 Å². The fraction of sp³-hybridized carbons (Fsp3) is 0.273. The van der Waals surface area contributed by atoms with Crippen LogP contribution in [0.3, 0.4) is 0 Å². The van der Waals surface area contributed by atoms with Crippen molar-refractivity contribution < 1.29 is 18.4 Å². The van der Waals surface area contributed by atoms with Gasteiger partial charge in [0.15, 0.2) is 0 Å². The molecule has 0 unspecified atom stereocenters. The molecule has 1 aromatic heterocycles. The number of aromatic nitrogens is 2. The van der Waals surface area contributed by atoms with Crippen LogP contribution < -0.4 is 0 Å². The number of phenols is 1. The van der Waals surface area contributed by atoms with Crippen molar-refractivity contribution in [1.82, 2.24) is 10.1 Å². The molecule has 1 aromatic carbocycles. The second-order valence-electron chi connectivity index (χ2n) is 3.90. The van der Waals surface area contributed by atoms with E-state index in [4.69, 9.17) is 9.63 Å². The third-order valence-electron chi connectivity index (χ3n) is 2.19. The van der Waals surface area contributed by atoms with Gasteiger partial charge in [-0.25, -0.2) is 8.78 Å². The summed E-state index contributed by atoms with van der Waals surface area (Å²) in [5.41, 5.74) is -0.404. The molecule has 0 radical (unpaired) electrons. The summed E-state index contributed by atoms with van der Waals surface area (Å²) >= 11 is 0. The minimum Gasteiger partial charge on any atom is -0.508 e. The molecule has 0 bridgehead atoms. The first-order chi connectivity index (χ1) is 7.99. The smallest absolute Gasteiger partial charge is 0.229 e. The largest absolute Gasteiger partial charge is 0.508 e. The molecule has 0 aliphatic carbocycles. The number of hydrogen-bond donors (Lipinski definition) is 1. The highest BCUT2D eigenvalue weighted by Crippen LogP contribution is 2.28. The lowest BCUT2D eigenvalue weighted by molar-refractivity contribution is 0.365.